The first kappa shape index (κ1) is 17.7. The van der Waals surface area contributed by atoms with Gasteiger partial charge in [0.05, 0.1) is 28.2 Å². The average molecular weight is 387 g/mol. The first-order valence-corrected chi connectivity index (χ1v) is 10.9. The molecule has 0 aliphatic carbocycles. The number of fused-ring (bicyclic) bond motifs is 1. The van der Waals surface area contributed by atoms with E-state index in [1.807, 2.05) is 13.8 Å². The minimum atomic E-state index is -3.25. The monoisotopic (exact) mass is 386 g/mol. The van der Waals surface area contributed by atoms with Gasteiger partial charge < -0.3 is 5.11 Å². The topological polar surface area (TPSA) is 89.3 Å². The smallest absolute Gasteiger partial charge is 0.263 e. The molecule has 2 atom stereocenters. The number of nitrogens with zero attached hydrogens (tertiary/aromatic N) is 2. The Bertz CT molecular complexity index is 975. The number of thiophene rings is 1. The fourth-order valence-electron chi connectivity index (χ4n) is 2.73. The van der Waals surface area contributed by atoms with Gasteiger partial charge in [0.15, 0.2) is 15.0 Å². The molecule has 3 heterocycles. The van der Waals surface area contributed by atoms with Crippen LogP contribution in [0.3, 0.4) is 0 Å². The predicted molar refractivity (Wildman–Crippen MR) is 97.9 cm³/mol. The third kappa shape index (κ3) is 3.05. The van der Waals surface area contributed by atoms with Crippen molar-refractivity contribution in [3.63, 3.8) is 0 Å². The quantitative estimate of drug-likeness (QED) is 0.633. The Morgan fingerprint density at radius 2 is 2.17 bits per heavy atom. The molecule has 1 saturated heterocycles. The van der Waals surface area contributed by atoms with E-state index in [2.05, 4.69) is 11.6 Å². The van der Waals surface area contributed by atoms with E-state index < -0.39 is 21.2 Å². The Labute approximate surface area is 148 Å². The van der Waals surface area contributed by atoms with Gasteiger partial charge in [0.1, 0.15) is 4.83 Å². The summed E-state index contributed by atoms with van der Waals surface area (Å²) in [5.74, 6) is -0.348. The molecule has 0 radical (unpaired) electrons. The number of aliphatic hydroxyl groups is 1. The number of allylic oxidation sites excluding steroid dienone is 1. The van der Waals surface area contributed by atoms with E-state index in [9.17, 15) is 18.3 Å². The van der Waals surface area contributed by atoms with Gasteiger partial charge in [-0.15, -0.1) is 17.9 Å². The zero-order chi connectivity index (χ0) is 17.6. The third-order valence-electron chi connectivity index (χ3n) is 4.09. The van der Waals surface area contributed by atoms with Crippen molar-refractivity contribution in [3.8, 4) is 0 Å². The summed E-state index contributed by atoms with van der Waals surface area (Å²) in [6.45, 7) is 7.80. The molecule has 1 aliphatic rings. The summed E-state index contributed by atoms with van der Waals surface area (Å²) in [5.41, 5.74) is 0.768. The second-order valence-corrected chi connectivity index (χ2v) is 10.4. The van der Waals surface area contributed by atoms with Crippen molar-refractivity contribution >= 4 is 43.2 Å². The SMILES string of the molecule is C=CCn1c(S[C@H]2CS(=O)(=O)C[C@H]2O)nc2sc(C)c(C)c2c1=O. The molecule has 0 spiro atoms. The minimum absolute atomic E-state index is 0.108. The van der Waals surface area contributed by atoms with Crippen LogP contribution in [0.4, 0.5) is 0 Å². The lowest BCUT2D eigenvalue weighted by molar-refractivity contribution is 0.207. The lowest BCUT2D eigenvalue weighted by atomic mass is 10.2. The average Bonchev–Trinajstić information content (AvgIpc) is 2.90. The zero-order valence-electron chi connectivity index (χ0n) is 13.4. The van der Waals surface area contributed by atoms with E-state index in [1.165, 1.54) is 15.9 Å². The van der Waals surface area contributed by atoms with E-state index in [-0.39, 0.29) is 23.6 Å². The van der Waals surface area contributed by atoms with E-state index in [4.69, 9.17) is 0 Å². The molecule has 24 heavy (non-hydrogen) atoms. The molecule has 9 heteroatoms. The Balaban J connectivity index is 2.11. The van der Waals surface area contributed by atoms with E-state index in [0.717, 1.165) is 22.2 Å². The van der Waals surface area contributed by atoms with Crippen LogP contribution in [0.5, 0.6) is 0 Å². The predicted octanol–water partition coefficient (Wildman–Crippen LogP) is 1.51. The second-order valence-electron chi connectivity index (χ2n) is 5.86. The molecule has 1 fully saturated rings. The van der Waals surface area contributed by atoms with Crippen LogP contribution in [0, 0.1) is 13.8 Å². The Morgan fingerprint density at radius 1 is 1.46 bits per heavy atom. The summed E-state index contributed by atoms with van der Waals surface area (Å²) in [6.07, 6.45) is 0.659. The van der Waals surface area contributed by atoms with Gasteiger partial charge in [0, 0.05) is 11.4 Å². The first-order valence-electron chi connectivity index (χ1n) is 7.40. The molecule has 1 N–H and O–H groups in total. The fraction of sp³-hybridized carbons (Fsp3) is 0.467. The molecule has 0 unspecified atom stereocenters. The first-order chi connectivity index (χ1) is 11.2. The minimum Gasteiger partial charge on any atom is -0.391 e. The van der Waals surface area contributed by atoms with Crippen LogP contribution in [0.1, 0.15) is 10.4 Å². The van der Waals surface area contributed by atoms with Crippen molar-refractivity contribution in [1.29, 1.82) is 0 Å². The summed E-state index contributed by atoms with van der Waals surface area (Å²) in [6, 6.07) is 0. The van der Waals surface area contributed by atoms with Gasteiger partial charge in [-0.2, -0.15) is 0 Å². The van der Waals surface area contributed by atoms with Gasteiger partial charge in [-0.1, -0.05) is 17.8 Å². The van der Waals surface area contributed by atoms with Crippen molar-refractivity contribution in [2.24, 2.45) is 0 Å². The van der Waals surface area contributed by atoms with Crippen molar-refractivity contribution < 1.29 is 13.5 Å². The van der Waals surface area contributed by atoms with Crippen molar-refractivity contribution in [1.82, 2.24) is 9.55 Å². The number of sulfone groups is 1. The van der Waals surface area contributed by atoms with Crippen LogP contribution in [0.25, 0.3) is 10.2 Å². The highest BCUT2D eigenvalue weighted by molar-refractivity contribution is 8.01. The molecule has 0 saturated carbocycles. The number of hydrogen-bond donors (Lipinski definition) is 1. The van der Waals surface area contributed by atoms with Crippen LogP contribution in [-0.4, -0.2) is 45.9 Å². The molecule has 6 nitrogen and oxygen atoms in total. The van der Waals surface area contributed by atoms with E-state index >= 15 is 0 Å². The lowest BCUT2D eigenvalue weighted by Gasteiger charge is -2.15. The van der Waals surface area contributed by atoms with Gasteiger partial charge >= 0.3 is 0 Å². The van der Waals surface area contributed by atoms with Crippen LogP contribution in [0.15, 0.2) is 22.6 Å². The third-order valence-corrected chi connectivity index (χ3v) is 8.43. The van der Waals surface area contributed by atoms with Gasteiger partial charge in [-0.05, 0) is 19.4 Å². The molecule has 0 aromatic carbocycles. The van der Waals surface area contributed by atoms with Gasteiger partial charge in [-0.3, -0.25) is 9.36 Å². The number of hydrogen-bond acceptors (Lipinski definition) is 7. The number of aliphatic hydroxyl groups excluding tert-OH is 1. The molecular formula is C15H18N2O4S3. The molecule has 0 bridgehead atoms. The molecule has 1 aliphatic heterocycles. The molecule has 130 valence electrons. The van der Waals surface area contributed by atoms with Crippen LogP contribution in [0.2, 0.25) is 0 Å². The standard InChI is InChI=1S/C15H18N2O4S3/c1-4-5-17-14(19)12-8(2)9(3)22-13(12)16-15(17)23-11-7-24(20,21)6-10(11)18/h4,10-11,18H,1,5-7H2,2-3H3/t10-,11+/m1/s1. The largest absolute Gasteiger partial charge is 0.391 e. The summed E-state index contributed by atoms with van der Waals surface area (Å²) in [5, 5.41) is 10.5. The maximum Gasteiger partial charge on any atom is 0.263 e. The molecule has 2 aromatic heterocycles. The second kappa shape index (κ2) is 6.29. The van der Waals surface area contributed by atoms with Crippen molar-refractivity contribution in [2.75, 3.05) is 11.5 Å². The summed E-state index contributed by atoms with van der Waals surface area (Å²) in [7, 11) is -3.25. The molecule has 2 aromatic rings. The maximum atomic E-state index is 12.8. The summed E-state index contributed by atoms with van der Waals surface area (Å²) in [4.78, 5) is 19.1. The van der Waals surface area contributed by atoms with Crippen LogP contribution in [-0.2, 0) is 16.4 Å². The molecule has 3 rings (SSSR count). The highest BCUT2D eigenvalue weighted by atomic mass is 32.2. The van der Waals surface area contributed by atoms with Gasteiger partial charge in [-0.25, -0.2) is 13.4 Å². The molecule has 0 amide bonds. The Hall–Kier alpha value is -1.16. The van der Waals surface area contributed by atoms with Crippen LogP contribution < -0.4 is 5.56 Å². The van der Waals surface area contributed by atoms with Crippen molar-refractivity contribution in [3.05, 3.63) is 33.4 Å². The summed E-state index contributed by atoms with van der Waals surface area (Å²) >= 11 is 2.60. The highest BCUT2D eigenvalue weighted by Gasteiger charge is 2.38. The zero-order valence-corrected chi connectivity index (χ0v) is 15.8. The normalized spacial score (nSPS) is 23.0. The lowest BCUT2D eigenvalue weighted by Crippen LogP contribution is -2.26. The van der Waals surface area contributed by atoms with Crippen molar-refractivity contribution in [2.45, 2.75) is 36.9 Å². The highest BCUT2D eigenvalue weighted by Crippen LogP contribution is 2.33. The number of aromatic nitrogens is 2. The van der Waals surface area contributed by atoms with E-state index in [0.29, 0.717) is 15.4 Å². The number of thioether (sulfide) groups is 1. The van der Waals surface area contributed by atoms with Crippen LogP contribution >= 0.6 is 23.1 Å². The Morgan fingerprint density at radius 3 is 2.75 bits per heavy atom. The Kier molecular flexibility index (Phi) is 4.63. The number of aryl methyl sites for hydroxylation is 2. The molecular weight excluding hydrogens is 368 g/mol. The maximum absolute atomic E-state index is 12.8. The van der Waals surface area contributed by atoms with Gasteiger partial charge in [0.25, 0.3) is 5.56 Å². The van der Waals surface area contributed by atoms with Gasteiger partial charge in [0.2, 0.25) is 0 Å². The summed E-state index contributed by atoms with van der Waals surface area (Å²) < 4.78 is 24.9. The fourth-order valence-corrected chi connectivity index (χ4v) is 7.39. The number of rotatable bonds is 4. The van der Waals surface area contributed by atoms with E-state index in [1.54, 1.807) is 6.08 Å².